The monoisotopic (exact) mass is 271 g/mol. The van der Waals surface area contributed by atoms with Crippen molar-refractivity contribution in [2.24, 2.45) is 0 Å². The summed E-state index contributed by atoms with van der Waals surface area (Å²) in [7, 11) is 0. The van der Waals surface area contributed by atoms with E-state index in [4.69, 9.17) is 4.74 Å². The van der Waals surface area contributed by atoms with E-state index in [2.05, 4.69) is 10.6 Å². The van der Waals surface area contributed by atoms with E-state index >= 15 is 0 Å². The molecule has 0 aromatic heterocycles. The molecule has 2 amide bonds. The summed E-state index contributed by atoms with van der Waals surface area (Å²) in [5, 5.41) is 5.92. The highest BCUT2D eigenvalue weighted by atomic mass is 16.5. The first-order chi connectivity index (χ1) is 9.19. The van der Waals surface area contributed by atoms with Crippen molar-refractivity contribution in [1.29, 1.82) is 0 Å². The molecule has 1 aliphatic heterocycles. The standard InChI is InChI=1S/C13H25N3O3/c1-3-16(4-2)12(17)6-5-7-15-13(18)11-10-19-9-8-14-11/h11,14H,3-10H2,1-2H3,(H,15,18). The molecule has 1 heterocycles. The lowest BCUT2D eigenvalue weighted by Gasteiger charge is -2.23. The van der Waals surface area contributed by atoms with Crippen LogP contribution in [0.25, 0.3) is 0 Å². The van der Waals surface area contributed by atoms with Crippen molar-refractivity contribution < 1.29 is 14.3 Å². The molecular weight excluding hydrogens is 246 g/mol. The molecule has 1 aliphatic rings. The fraction of sp³-hybridized carbons (Fsp3) is 0.846. The Balaban J connectivity index is 2.12. The van der Waals surface area contributed by atoms with Crippen molar-refractivity contribution in [1.82, 2.24) is 15.5 Å². The van der Waals surface area contributed by atoms with Gasteiger partial charge in [-0.05, 0) is 20.3 Å². The van der Waals surface area contributed by atoms with Crippen molar-refractivity contribution in [3.05, 3.63) is 0 Å². The summed E-state index contributed by atoms with van der Waals surface area (Å²) < 4.78 is 5.22. The molecule has 0 radical (unpaired) electrons. The molecule has 1 atom stereocenters. The number of carbonyl (C=O) groups excluding carboxylic acids is 2. The highest BCUT2D eigenvalue weighted by Gasteiger charge is 2.20. The first-order valence-corrected chi connectivity index (χ1v) is 7.05. The van der Waals surface area contributed by atoms with Gasteiger partial charge < -0.3 is 20.3 Å². The lowest BCUT2D eigenvalue weighted by atomic mass is 10.2. The van der Waals surface area contributed by atoms with Gasteiger partial charge in [0.15, 0.2) is 0 Å². The Bertz CT molecular complexity index is 287. The van der Waals surface area contributed by atoms with Crippen LogP contribution in [-0.4, -0.2) is 62.1 Å². The average Bonchev–Trinajstić information content (AvgIpc) is 2.45. The second-order valence-electron chi connectivity index (χ2n) is 4.54. The van der Waals surface area contributed by atoms with Crippen LogP contribution in [0.2, 0.25) is 0 Å². The number of hydrogen-bond acceptors (Lipinski definition) is 4. The summed E-state index contributed by atoms with van der Waals surface area (Å²) in [6, 6.07) is -0.257. The normalized spacial score (nSPS) is 18.9. The lowest BCUT2D eigenvalue weighted by molar-refractivity contribution is -0.131. The summed E-state index contributed by atoms with van der Waals surface area (Å²) in [5.41, 5.74) is 0. The number of carbonyl (C=O) groups is 2. The van der Waals surface area contributed by atoms with Gasteiger partial charge in [-0.2, -0.15) is 0 Å². The first kappa shape index (κ1) is 15.9. The van der Waals surface area contributed by atoms with Crippen LogP contribution in [0.1, 0.15) is 26.7 Å². The van der Waals surface area contributed by atoms with Crippen LogP contribution >= 0.6 is 0 Å². The topological polar surface area (TPSA) is 70.7 Å². The molecule has 0 aliphatic carbocycles. The third-order valence-electron chi connectivity index (χ3n) is 3.22. The van der Waals surface area contributed by atoms with E-state index in [9.17, 15) is 9.59 Å². The largest absolute Gasteiger partial charge is 0.378 e. The smallest absolute Gasteiger partial charge is 0.239 e. The van der Waals surface area contributed by atoms with Crippen molar-refractivity contribution in [3.63, 3.8) is 0 Å². The molecule has 0 saturated carbocycles. The molecule has 1 unspecified atom stereocenters. The fourth-order valence-electron chi connectivity index (χ4n) is 2.04. The van der Waals surface area contributed by atoms with E-state index in [1.807, 2.05) is 13.8 Å². The minimum absolute atomic E-state index is 0.0463. The Morgan fingerprint density at radius 1 is 1.37 bits per heavy atom. The number of rotatable bonds is 7. The summed E-state index contributed by atoms with van der Waals surface area (Å²) in [6.07, 6.45) is 1.16. The van der Waals surface area contributed by atoms with Crippen molar-refractivity contribution in [2.75, 3.05) is 39.4 Å². The molecule has 0 aromatic rings. The van der Waals surface area contributed by atoms with Gasteiger partial charge in [-0.15, -0.1) is 0 Å². The molecule has 6 heteroatoms. The molecule has 1 saturated heterocycles. The Hall–Kier alpha value is -1.14. The molecule has 2 N–H and O–H groups in total. The second kappa shape index (κ2) is 8.87. The van der Waals surface area contributed by atoms with E-state index in [0.29, 0.717) is 39.1 Å². The fourth-order valence-corrected chi connectivity index (χ4v) is 2.04. The number of morpholine rings is 1. The zero-order valence-electron chi connectivity index (χ0n) is 11.9. The Morgan fingerprint density at radius 3 is 2.68 bits per heavy atom. The van der Waals surface area contributed by atoms with Crippen LogP contribution < -0.4 is 10.6 Å². The molecule has 0 spiro atoms. The number of amides is 2. The number of ether oxygens (including phenoxy) is 1. The SMILES string of the molecule is CCN(CC)C(=O)CCCNC(=O)C1COCCN1. The Morgan fingerprint density at radius 2 is 2.11 bits per heavy atom. The maximum atomic E-state index is 11.7. The number of nitrogens with one attached hydrogen (secondary N) is 2. The van der Waals surface area contributed by atoms with E-state index in [0.717, 1.165) is 13.1 Å². The van der Waals surface area contributed by atoms with Gasteiger partial charge in [0.2, 0.25) is 11.8 Å². The minimum atomic E-state index is -0.257. The molecule has 0 aromatic carbocycles. The van der Waals surface area contributed by atoms with Crippen LogP contribution in [0, 0.1) is 0 Å². The summed E-state index contributed by atoms with van der Waals surface area (Å²) in [6.45, 7) is 7.74. The molecule has 1 fully saturated rings. The van der Waals surface area contributed by atoms with Gasteiger partial charge in [0.1, 0.15) is 6.04 Å². The Kier molecular flexibility index (Phi) is 7.43. The van der Waals surface area contributed by atoms with Gasteiger partial charge in [-0.1, -0.05) is 0 Å². The molecule has 110 valence electrons. The van der Waals surface area contributed by atoms with E-state index in [1.54, 1.807) is 4.90 Å². The first-order valence-electron chi connectivity index (χ1n) is 7.05. The van der Waals surface area contributed by atoms with Crippen LogP contribution in [-0.2, 0) is 14.3 Å². The maximum absolute atomic E-state index is 11.7. The summed E-state index contributed by atoms with van der Waals surface area (Å²) in [4.78, 5) is 25.3. The number of hydrogen-bond donors (Lipinski definition) is 2. The average molecular weight is 271 g/mol. The highest BCUT2D eigenvalue weighted by molar-refractivity contribution is 5.82. The summed E-state index contributed by atoms with van der Waals surface area (Å²) in [5.74, 6) is 0.105. The van der Waals surface area contributed by atoms with Gasteiger partial charge in [0, 0.05) is 32.6 Å². The van der Waals surface area contributed by atoms with Crippen LogP contribution in [0.5, 0.6) is 0 Å². The van der Waals surface area contributed by atoms with Crippen LogP contribution in [0.4, 0.5) is 0 Å². The summed E-state index contributed by atoms with van der Waals surface area (Å²) >= 11 is 0. The van der Waals surface area contributed by atoms with Gasteiger partial charge in [-0.25, -0.2) is 0 Å². The quantitative estimate of drug-likeness (QED) is 0.626. The van der Waals surface area contributed by atoms with E-state index in [-0.39, 0.29) is 17.9 Å². The molecular formula is C13H25N3O3. The molecule has 6 nitrogen and oxygen atoms in total. The van der Waals surface area contributed by atoms with Crippen molar-refractivity contribution >= 4 is 11.8 Å². The molecule has 1 rings (SSSR count). The molecule has 0 bridgehead atoms. The van der Waals surface area contributed by atoms with E-state index < -0.39 is 0 Å². The second-order valence-corrected chi connectivity index (χ2v) is 4.54. The van der Waals surface area contributed by atoms with Crippen molar-refractivity contribution in [3.8, 4) is 0 Å². The third-order valence-corrected chi connectivity index (χ3v) is 3.22. The van der Waals surface area contributed by atoms with Gasteiger partial charge in [0.25, 0.3) is 0 Å². The zero-order valence-corrected chi connectivity index (χ0v) is 11.9. The third kappa shape index (κ3) is 5.57. The highest BCUT2D eigenvalue weighted by Crippen LogP contribution is 1.98. The number of nitrogens with zero attached hydrogens (tertiary/aromatic N) is 1. The maximum Gasteiger partial charge on any atom is 0.239 e. The Labute approximate surface area is 114 Å². The van der Waals surface area contributed by atoms with Gasteiger partial charge >= 0.3 is 0 Å². The van der Waals surface area contributed by atoms with Crippen LogP contribution in [0.15, 0.2) is 0 Å². The predicted molar refractivity (Wildman–Crippen MR) is 72.8 cm³/mol. The van der Waals surface area contributed by atoms with E-state index in [1.165, 1.54) is 0 Å². The predicted octanol–water partition coefficient (Wildman–Crippen LogP) is -0.260. The lowest BCUT2D eigenvalue weighted by Crippen LogP contribution is -2.51. The minimum Gasteiger partial charge on any atom is -0.378 e. The van der Waals surface area contributed by atoms with Gasteiger partial charge in [-0.3, -0.25) is 9.59 Å². The van der Waals surface area contributed by atoms with Crippen molar-refractivity contribution in [2.45, 2.75) is 32.7 Å². The molecule has 19 heavy (non-hydrogen) atoms. The van der Waals surface area contributed by atoms with Crippen LogP contribution in [0.3, 0.4) is 0 Å². The van der Waals surface area contributed by atoms with Gasteiger partial charge in [0.05, 0.1) is 13.2 Å². The zero-order chi connectivity index (χ0) is 14.1.